The Hall–Kier alpha value is -0.0800. The molecule has 14 heavy (non-hydrogen) atoms. The van der Waals surface area contributed by atoms with E-state index < -0.39 is 0 Å². The molecule has 0 aromatic carbocycles. The maximum atomic E-state index is 9.67. The van der Waals surface area contributed by atoms with E-state index in [0.717, 1.165) is 13.0 Å². The van der Waals surface area contributed by atoms with Gasteiger partial charge in [-0.15, -0.1) is 0 Å². The van der Waals surface area contributed by atoms with Gasteiger partial charge in [0, 0.05) is 12.6 Å². The molecule has 2 aliphatic rings. The molecule has 0 unspecified atom stereocenters. The third-order valence-electron chi connectivity index (χ3n) is 3.96. The molecule has 0 saturated heterocycles. The van der Waals surface area contributed by atoms with Gasteiger partial charge >= 0.3 is 0 Å². The second kappa shape index (κ2) is 4.19. The average molecular weight is 197 g/mol. The van der Waals surface area contributed by atoms with Gasteiger partial charge in [-0.1, -0.05) is 13.3 Å². The van der Waals surface area contributed by atoms with E-state index in [1.165, 1.54) is 38.5 Å². The van der Waals surface area contributed by atoms with Gasteiger partial charge < -0.3 is 10.4 Å². The summed E-state index contributed by atoms with van der Waals surface area (Å²) in [6.07, 6.45) is 8.75. The third kappa shape index (κ3) is 2.29. The zero-order valence-electron chi connectivity index (χ0n) is 9.26. The lowest BCUT2D eigenvalue weighted by molar-refractivity contribution is 0.145. The summed E-state index contributed by atoms with van der Waals surface area (Å²) < 4.78 is 0. The van der Waals surface area contributed by atoms with Crippen molar-refractivity contribution >= 4 is 0 Å². The second-order valence-electron chi connectivity index (χ2n) is 5.24. The smallest absolute Gasteiger partial charge is 0.0693 e. The molecule has 2 heteroatoms. The number of nitrogens with one attached hydrogen (secondary N) is 1. The molecule has 0 amide bonds. The van der Waals surface area contributed by atoms with Crippen molar-refractivity contribution in [2.45, 2.75) is 64.0 Å². The van der Waals surface area contributed by atoms with Gasteiger partial charge in [-0.3, -0.25) is 0 Å². The highest BCUT2D eigenvalue weighted by atomic mass is 16.3. The minimum absolute atomic E-state index is 0.0765. The van der Waals surface area contributed by atoms with Crippen LogP contribution in [0.15, 0.2) is 0 Å². The van der Waals surface area contributed by atoms with Crippen LogP contribution >= 0.6 is 0 Å². The van der Waals surface area contributed by atoms with Crippen LogP contribution in [0, 0.1) is 5.41 Å². The molecular weight excluding hydrogens is 174 g/mol. The molecule has 0 aliphatic heterocycles. The molecule has 2 rings (SSSR count). The standard InChI is InChI=1S/C12H23NO/c1-2-6-12(7-8-12)9-13-10-4-3-5-11(10)14/h10-11,13-14H,2-9H2,1H3/t10-,11-/m1/s1. The summed E-state index contributed by atoms with van der Waals surface area (Å²) in [5.74, 6) is 0. The van der Waals surface area contributed by atoms with Gasteiger partial charge in [0.15, 0.2) is 0 Å². The van der Waals surface area contributed by atoms with Crippen molar-refractivity contribution in [2.24, 2.45) is 5.41 Å². The summed E-state index contributed by atoms with van der Waals surface area (Å²) in [5, 5.41) is 13.2. The van der Waals surface area contributed by atoms with E-state index in [2.05, 4.69) is 12.2 Å². The zero-order valence-corrected chi connectivity index (χ0v) is 9.26. The molecule has 82 valence electrons. The van der Waals surface area contributed by atoms with Crippen LogP contribution in [0.1, 0.15) is 51.9 Å². The number of aliphatic hydroxyl groups is 1. The van der Waals surface area contributed by atoms with Gasteiger partial charge in [0.1, 0.15) is 0 Å². The minimum atomic E-state index is -0.0765. The van der Waals surface area contributed by atoms with Crippen molar-refractivity contribution in [3.05, 3.63) is 0 Å². The quantitative estimate of drug-likeness (QED) is 0.707. The maximum Gasteiger partial charge on any atom is 0.0693 e. The Bertz CT molecular complexity index is 189. The molecule has 0 heterocycles. The number of hydrogen-bond acceptors (Lipinski definition) is 2. The minimum Gasteiger partial charge on any atom is -0.392 e. The molecule has 0 aromatic rings. The molecule has 2 fully saturated rings. The van der Waals surface area contributed by atoms with Gasteiger partial charge in [-0.2, -0.15) is 0 Å². The fraction of sp³-hybridized carbons (Fsp3) is 1.00. The second-order valence-corrected chi connectivity index (χ2v) is 5.24. The Kier molecular flexibility index (Phi) is 3.13. The first-order chi connectivity index (χ1) is 6.76. The molecule has 0 radical (unpaired) electrons. The van der Waals surface area contributed by atoms with E-state index in [0.29, 0.717) is 11.5 Å². The summed E-state index contributed by atoms with van der Waals surface area (Å²) >= 11 is 0. The maximum absolute atomic E-state index is 9.67. The Morgan fingerprint density at radius 3 is 2.64 bits per heavy atom. The van der Waals surface area contributed by atoms with Gasteiger partial charge in [-0.05, 0) is 43.9 Å². The molecule has 2 nitrogen and oxygen atoms in total. The van der Waals surface area contributed by atoms with Crippen molar-refractivity contribution in [3.63, 3.8) is 0 Å². The summed E-state index contributed by atoms with van der Waals surface area (Å²) in [6, 6.07) is 0.393. The summed E-state index contributed by atoms with van der Waals surface area (Å²) in [5.41, 5.74) is 0.622. The van der Waals surface area contributed by atoms with E-state index >= 15 is 0 Å². The molecule has 2 N–H and O–H groups in total. The largest absolute Gasteiger partial charge is 0.392 e. The van der Waals surface area contributed by atoms with Crippen molar-refractivity contribution < 1.29 is 5.11 Å². The van der Waals surface area contributed by atoms with Crippen LogP contribution in [0.4, 0.5) is 0 Å². The van der Waals surface area contributed by atoms with Gasteiger partial charge in [0.05, 0.1) is 6.10 Å². The van der Waals surface area contributed by atoms with Gasteiger partial charge in [-0.25, -0.2) is 0 Å². The lowest BCUT2D eigenvalue weighted by Gasteiger charge is -2.21. The molecule has 0 bridgehead atoms. The van der Waals surface area contributed by atoms with E-state index in [-0.39, 0.29) is 6.10 Å². The SMILES string of the molecule is CCCC1(CN[C@@H]2CCC[C@H]2O)CC1. The number of rotatable bonds is 5. The average Bonchev–Trinajstić information content (AvgIpc) is 2.81. The number of hydrogen-bond donors (Lipinski definition) is 2. The van der Waals surface area contributed by atoms with Gasteiger partial charge in [0.2, 0.25) is 0 Å². The first-order valence-corrected chi connectivity index (χ1v) is 6.17. The fourth-order valence-electron chi connectivity index (χ4n) is 2.75. The normalized spacial score (nSPS) is 34.7. The Morgan fingerprint density at radius 1 is 1.36 bits per heavy atom. The molecule has 2 saturated carbocycles. The summed E-state index contributed by atoms with van der Waals surface area (Å²) in [7, 11) is 0. The Balaban J connectivity index is 1.71. The van der Waals surface area contributed by atoms with Crippen LogP contribution in [0.5, 0.6) is 0 Å². The predicted molar refractivity (Wildman–Crippen MR) is 58.2 cm³/mol. The van der Waals surface area contributed by atoms with Crippen molar-refractivity contribution in [1.82, 2.24) is 5.32 Å². The van der Waals surface area contributed by atoms with Crippen molar-refractivity contribution in [2.75, 3.05) is 6.54 Å². The Labute approximate surface area is 87.1 Å². The lowest BCUT2D eigenvalue weighted by Crippen LogP contribution is -2.39. The highest BCUT2D eigenvalue weighted by Crippen LogP contribution is 2.49. The van der Waals surface area contributed by atoms with Crippen LogP contribution in [0.3, 0.4) is 0 Å². The van der Waals surface area contributed by atoms with Crippen LogP contribution in [-0.4, -0.2) is 23.8 Å². The van der Waals surface area contributed by atoms with Crippen molar-refractivity contribution in [1.29, 1.82) is 0 Å². The highest BCUT2D eigenvalue weighted by molar-refractivity contribution is 4.96. The first kappa shape index (κ1) is 10.4. The van der Waals surface area contributed by atoms with Crippen LogP contribution in [-0.2, 0) is 0 Å². The lowest BCUT2D eigenvalue weighted by atomic mass is 10.00. The van der Waals surface area contributed by atoms with Crippen LogP contribution < -0.4 is 5.32 Å². The molecule has 2 aliphatic carbocycles. The highest BCUT2D eigenvalue weighted by Gasteiger charge is 2.41. The van der Waals surface area contributed by atoms with E-state index in [1.807, 2.05) is 0 Å². The molecule has 2 atom stereocenters. The van der Waals surface area contributed by atoms with Gasteiger partial charge in [0.25, 0.3) is 0 Å². The molecule has 0 spiro atoms. The first-order valence-electron chi connectivity index (χ1n) is 6.17. The summed E-state index contributed by atoms with van der Waals surface area (Å²) in [6.45, 7) is 3.41. The monoisotopic (exact) mass is 197 g/mol. The summed E-state index contributed by atoms with van der Waals surface area (Å²) in [4.78, 5) is 0. The molecular formula is C12H23NO. The number of aliphatic hydroxyl groups excluding tert-OH is 1. The third-order valence-corrected chi connectivity index (χ3v) is 3.96. The molecule has 0 aromatic heterocycles. The predicted octanol–water partition coefficient (Wildman–Crippen LogP) is 2.07. The van der Waals surface area contributed by atoms with Crippen molar-refractivity contribution in [3.8, 4) is 0 Å². The van der Waals surface area contributed by atoms with E-state index in [4.69, 9.17) is 0 Å². The topological polar surface area (TPSA) is 32.3 Å². The van der Waals surface area contributed by atoms with Crippen LogP contribution in [0.25, 0.3) is 0 Å². The van der Waals surface area contributed by atoms with E-state index in [1.54, 1.807) is 0 Å². The zero-order chi connectivity index (χ0) is 10.0. The Morgan fingerprint density at radius 2 is 2.14 bits per heavy atom. The van der Waals surface area contributed by atoms with E-state index in [9.17, 15) is 5.11 Å². The van der Waals surface area contributed by atoms with Crippen LogP contribution in [0.2, 0.25) is 0 Å². The fourth-order valence-corrected chi connectivity index (χ4v) is 2.75.